The van der Waals surface area contributed by atoms with Crippen molar-refractivity contribution in [1.29, 1.82) is 0 Å². The first-order valence-corrected chi connectivity index (χ1v) is 10.9. The van der Waals surface area contributed by atoms with Gasteiger partial charge in [0.2, 0.25) is 11.9 Å². The topological polar surface area (TPSA) is 78.4 Å². The first kappa shape index (κ1) is 20.6. The predicted molar refractivity (Wildman–Crippen MR) is 116 cm³/mol. The summed E-state index contributed by atoms with van der Waals surface area (Å²) in [4.78, 5) is 37.6. The molecule has 3 heterocycles. The highest BCUT2D eigenvalue weighted by molar-refractivity contribution is 6.33. The summed E-state index contributed by atoms with van der Waals surface area (Å²) >= 11 is 6.14. The van der Waals surface area contributed by atoms with Crippen molar-refractivity contribution in [2.24, 2.45) is 0 Å². The van der Waals surface area contributed by atoms with Crippen LogP contribution in [0.5, 0.6) is 0 Å². The maximum Gasteiger partial charge on any atom is 0.271 e. The van der Waals surface area contributed by atoms with Crippen LogP contribution in [-0.2, 0) is 17.8 Å². The SMILES string of the molecule is O=C(NCCCC(=O)N1CCc2ccccc2C1)c1nc(N2CCCC2)ncc1Cl. The highest BCUT2D eigenvalue weighted by Gasteiger charge is 2.21. The number of nitrogens with one attached hydrogen (secondary N) is 1. The van der Waals surface area contributed by atoms with E-state index in [0.717, 1.165) is 38.9 Å². The van der Waals surface area contributed by atoms with E-state index in [1.165, 1.54) is 17.3 Å². The van der Waals surface area contributed by atoms with Crippen LogP contribution in [0.1, 0.15) is 47.3 Å². The van der Waals surface area contributed by atoms with Gasteiger partial charge in [0.1, 0.15) is 0 Å². The zero-order valence-corrected chi connectivity index (χ0v) is 17.7. The molecule has 2 aliphatic rings. The highest BCUT2D eigenvalue weighted by atomic mass is 35.5. The Bertz CT molecular complexity index is 929. The summed E-state index contributed by atoms with van der Waals surface area (Å²) in [5.74, 6) is 0.333. The molecule has 2 amide bonds. The van der Waals surface area contributed by atoms with E-state index in [9.17, 15) is 9.59 Å². The largest absolute Gasteiger partial charge is 0.351 e. The second-order valence-corrected chi connectivity index (χ2v) is 8.16. The molecule has 1 N–H and O–H groups in total. The lowest BCUT2D eigenvalue weighted by atomic mass is 9.99. The molecule has 30 heavy (non-hydrogen) atoms. The van der Waals surface area contributed by atoms with Gasteiger partial charge in [0, 0.05) is 39.1 Å². The Morgan fingerprint density at radius 1 is 1.10 bits per heavy atom. The van der Waals surface area contributed by atoms with Gasteiger partial charge in [-0.25, -0.2) is 9.97 Å². The minimum atomic E-state index is -0.331. The second-order valence-electron chi connectivity index (χ2n) is 7.75. The summed E-state index contributed by atoms with van der Waals surface area (Å²) in [7, 11) is 0. The van der Waals surface area contributed by atoms with Crippen molar-refractivity contribution in [3.05, 3.63) is 52.3 Å². The lowest BCUT2D eigenvalue weighted by molar-refractivity contribution is -0.132. The van der Waals surface area contributed by atoms with Gasteiger partial charge in [-0.1, -0.05) is 35.9 Å². The fourth-order valence-electron chi connectivity index (χ4n) is 3.98. The number of anilines is 1. The van der Waals surface area contributed by atoms with E-state index in [-0.39, 0.29) is 22.5 Å². The van der Waals surface area contributed by atoms with Crippen LogP contribution in [-0.4, -0.2) is 52.9 Å². The van der Waals surface area contributed by atoms with Crippen molar-refractivity contribution in [3.8, 4) is 0 Å². The van der Waals surface area contributed by atoms with Crippen molar-refractivity contribution in [3.63, 3.8) is 0 Å². The van der Waals surface area contributed by atoms with Crippen molar-refractivity contribution in [2.45, 2.75) is 38.6 Å². The van der Waals surface area contributed by atoms with Crippen LogP contribution in [0, 0.1) is 0 Å². The molecule has 7 nitrogen and oxygen atoms in total. The zero-order chi connectivity index (χ0) is 20.9. The van der Waals surface area contributed by atoms with Gasteiger partial charge < -0.3 is 15.1 Å². The van der Waals surface area contributed by atoms with Crippen LogP contribution in [0.4, 0.5) is 5.95 Å². The predicted octanol–water partition coefficient (Wildman–Crippen LogP) is 2.83. The average Bonchev–Trinajstić information content (AvgIpc) is 3.31. The zero-order valence-electron chi connectivity index (χ0n) is 16.9. The molecule has 2 aliphatic heterocycles. The second kappa shape index (κ2) is 9.43. The fraction of sp³-hybridized carbons (Fsp3) is 0.455. The van der Waals surface area contributed by atoms with Crippen LogP contribution in [0.15, 0.2) is 30.5 Å². The van der Waals surface area contributed by atoms with Crippen LogP contribution in [0.3, 0.4) is 0 Å². The molecule has 1 aromatic heterocycles. The van der Waals surface area contributed by atoms with Crippen molar-refractivity contribution >= 4 is 29.4 Å². The molecule has 8 heteroatoms. The quantitative estimate of drug-likeness (QED) is 0.717. The maximum absolute atomic E-state index is 12.5. The summed E-state index contributed by atoms with van der Waals surface area (Å²) in [6.45, 7) is 3.60. The van der Waals surface area contributed by atoms with Crippen LogP contribution in [0.2, 0.25) is 5.02 Å². The van der Waals surface area contributed by atoms with E-state index in [4.69, 9.17) is 11.6 Å². The third kappa shape index (κ3) is 4.73. The molecule has 1 fully saturated rings. The van der Waals surface area contributed by atoms with Crippen molar-refractivity contribution in [1.82, 2.24) is 20.2 Å². The summed E-state index contributed by atoms with van der Waals surface area (Å²) < 4.78 is 0. The molecular formula is C22H26ClN5O2. The Morgan fingerprint density at radius 2 is 1.87 bits per heavy atom. The molecule has 0 spiro atoms. The number of halogens is 1. The van der Waals surface area contributed by atoms with Crippen LogP contribution < -0.4 is 10.2 Å². The Hall–Kier alpha value is -2.67. The molecule has 2 aromatic rings. The number of carbonyl (C=O) groups is 2. The van der Waals surface area contributed by atoms with Gasteiger partial charge in [-0.05, 0) is 36.8 Å². The van der Waals surface area contributed by atoms with Crippen LogP contribution in [0.25, 0.3) is 0 Å². The third-order valence-electron chi connectivity index (χ3n) is 5.67. The summed E-state index contributed by atoms with van der Waals surface area (Å²) in [5, 5.41) is 3.06. The van der Waals surface area contributed by atoms with E-state index >= 15 is 0 Å². The number of hydrogen-bond acceptors (Lipinski definition) is 5. The van der Waals surface area contributed by atoms with Crippen LogP contribution >= 0.6 is 11.6 Å². The summed E-state index contributed by atoms with van der Waals surface area (Å²) in [6, 6.07) is 8.25. The lowest BCUT2D eigenvalue weighted by Gasteiger charge is -2.29. The van der Waals surface area contributed by atoms with Crippen molar-refractivity contribution in [2.75, 3.05) is 31.1 Å². The maximum atomic E-state index is 12.5. The molecule has 1 aromatic carbocycles. The third-order valence-corrected chi connectivity index (χ3v) is 5.95. The Kier molecular flexibility index (Phi) is 6.47. The van der Waals surface area contributed by atoms with E-state index in [1.807, 2.05) is 17.0 Å². The number of amides is 2. The molecule has 0 aliphatic carbocycles. The monoisotopic (exact) mass is 427 g/mol. The molecule has 0 unspecified atom stereocenters. The van der Waals surface area contributed by atoms with E-state index in [2.05, 4.69) is 32.3 Å². The number of fused-ring (bicyclic) bond motifs is 1. The molecule has 0 bridgehead atoms. The minimum Gasteiger partial charge on any atom is -0.351 e. The average molecular weight is 428 g/mol. The Morgan fingerprint density at radius 3 is 2.67 bits per heavy atom. The van der Waals surface area contributed by atoms with Gasteiger partial charge in [0.15, 0.2) is 5.69 Å². The van der Waals surface area contributed by atoms with Gasteiger partial charge in [-0.15, -0.1) is 0 Å². The number of hydrogen-bond donors (Lipinski definition) is 1. The van der Waals surface area contributed by atoms with Gasteiger partial charge in [0.05, 0.1) is 11.2 Å². The first-order valence-electron chi connectivity index (χ1n) is 10.5. The Labute approximate surface area is 181 Å². The van der Waals surface area contributed by atoms with E-state index in [1.54, 1.807) is 0 Å². The van der Waals surface area contributed by atoms with Gasteiger partial charge in [0.25, 0.3) is 5.91 Å². The van der Waals surface area contributed by atoms with Gasteiger partial charge in [-0.3, -0.25) is 9.59 Å². The standard InChI is InChI=1S/C22H26ClN5O2/c23-18-14-25-22(27-11-3-4-12-27)26-20(18)21(30)24-10-5-8-19(29)28-13-9-16-6-1-2-7-17(16)15-28/h1-2,6-7,14H,3-5,8-13,15H2,(H,24,30). The summed E-state index contributed by atoms with van der Waals surface area (Å²) in [5.41, 5.74) is 2.73. The number of carbonyl (C=O) groups excluding carboxylic acids is 2. The highest BCUT2D eigenvalue weighted by Crippen LogP contribution is 2.21. The molecule has 0 saturated carbocycles. The summed E-state index contributed by atoms with van der Waals surface area (Å²) in [6.07, 6.45) is 5.55. The van der Waals surface area contributed by atoms with Crippen molar-refractivity contribution < 1.29 is 9.59 Å². The molecule has 0 atom stereocenters. The van der Waals surface area contributed by atoms with Gasteiger partial charge in [-0.2, -0.15) is 0 Å². The number of rotatable bonds is 6. The number of benzene rings is 1. The Balaban J connectivity index is 1.25. The molecular weight excluding hydrogens is 402 g/mol. The smallest absolute Gasteiger partial charge is 0.271 e. The van der Waals surface area contributed by atoms with E-state index in [0.29, 0.717) is 31.9 Å². The number of nitrogens with zero attached hydrogens (tertiary/aromatic N) is 4. The molecule has 158 valence electrons. The number of aromatic nitrogens is 2. The molecule has 0 radical (unpaired) electrons. The molecule has 1 saturated heterocycles. The van der Waals surface area contributed by atoms with Gasteiger partial charge >= 0.3 is 0 Å². The lowest BCUT2D eigenvalue weighted by Crippen LogP contribution is -2.36. The first-order chi connectivity index (χ1) is 14.6. The van der Waals surface area contributed by atoms with E-state index < -0.39 is 0 Å². The fourth-order valence-corrected chi connectivity index (χ4v) is 4.16. The molecule has 4 rings (SSSR count). The normalized spacial score (nSPS) is 15.8. The minimum absolute atomic E-state index is 0.121.